The smallest absolute Gasteiger partial charge is 0.170 e. The third kappa shape index (κ3) is 2.11. The van der Waals surface area contributed by atoms with E-state index in [4.69, 9.17) is 10.2 Å². The Morgan fingerprint density at radius 1 is 1.50 bits per heavy atom. The Labute approximate surface area is 93.1 Å². The molecule has 0 unspecified atom stereocenters. The largest absolute Gasteiger partial charge is 0.469 e. The predicted molar refractivity (Wildman–Crippen MR) is 60.1 cm³/mol. The minimum absolute atomic E-state index is 0.0249. The van der Waals surface area contributed by atoms with Gasteiger partial charge in [0, 0.05) is 12.6 Å². The first-order chi connectivity index (χ1) is 7.66. The molecule has 0 aliphatic rings. The van der Waals surface area contributed by atoms with E-state index in [9.17, 15) is 4.79 Å². The van der Waals surface area contributed by atoms with Gasteiger partial charge in [-0.05, 0) is 30.7 Å². The van der Waals surface area contributed by atoms with Crippen molar-refractivity contribution in [3.8, 4) is 0 Å². The molecule has 0 fully saturated rings. The normalized spacial score (nSPS) is 10.3. The highest BCUT2D eigenvalue weighted by Gasteiger charge is 2.12. The third-order valence-corrected chi connectivity index (χ3v) is 2.37. The number of rotatable bonds is 3. The highest BCUT2D eigenvalue weighted by atomic mass is 16.3. The molecule has 0 atom stereocenters. The van der Waals surface area contributed by atoms with Gasteiger partial charge in [0.05, 0.1) is 11.8 Å². The Balaban J connectivity index is 2.17. The van der Waals surface area contributed by atoms with E-state index in [0.717, 1.165) is 5.56 Å². The van der Waals surface area contributed by atoms with Crippen molar-refractivity contribution in [3.05, 3.63) is 47.5 Å². The fourth-order valence-corrected chi connectivity index (χ4v) is 1.56. The second-order valence-corrected chi connectivity index (χ2v) is 3.58. The number of anilines is 1. The second-order valence-electron chi connectivity index (χ2n) is 3.58. The average Bonchev–Trinajstić information content (AvgIpc) is 2.64. The molecule has 2 rings (SSSR count). The number of ketones is 1. The van der Waals surface area contributed by atoms with E-state index < -0.39 is 0 Å². The maximum Gasteiger partial charge on any atom is 0.170 e. The number of carbonyl (C=O) groups excluding carboxylic acids is 1. The molecule has 0 radical (unpaired) electrons. The van der Waals surface area contributed by atoms with Gasteiger partial charge in [0.15, 0.2) is 5.78 Å². The van der Waals surface area contributed by atoms with Crippen LogP contribution in [0.2, 0.25) is 0 Å². The topological polar surface area (TPSA) is 69.1 Å². The highest BCUT2D eigenvalue weighted by Crippen LogP contribution is 2.13. The number of furan rings is 1. The average molecular weight is 216 g/mol. The van der Waals surface area contributed by atoms with Gasteiger partial charge in [-0.15, -0.1) is 0 Å². The summed E-state index contributed by atoms with van der Waals surface area (Å²) in [5, 5.41) is 0. The van der Waals surface area contributed by atoms with E-state index in [0.29, 0.717) is 23.6 Å². The van der Waals surface area contributed by atoms with Crippen LogP contribution in [0.25, 0.3) is 0 Å². The van der Waals surface area contributed by atoms with Gasteiger partial charge in [0.2, 0.25) is 0 Å². The molecule has 4 nitrogen and oxygen atoms in total. The van der Waals surface area contributed by atoms with Gasteiger partial charge in [-0.2, -0.15) is 0 Å². The molecule has 82 valence electrons. The summed E-state index contributed by atoms with van der Waals surface area (Å²) in [5.41, 5.74) is 7.02. The summed E-state index contributed by atoms with van der Waals surface area (Å²) < 4.78 is 5.09. The van der Waals surface area contributed by atoms with Crippen LogP contribution in [0, 0.1) is 6.92 Å². The SMILES string of the molecule is Cc1occc1C(=O)Cc1ccnc(N)c1. The minimum atomic E-state index is 0.0249. The first kappa shape index (κ1) is 10.4. The van der Waals surface area contributed by atoms with Crippen molar-refractivity contribution in [1.82, 2.24) is 4.98 Å². The lowest BCUT2D eigenvalue weighted by Crippen LogP contribution is -2.04. The number of nitrogens with zero attached hydrogens (tertiary/aromatic N) is 1. The monoisotopic (exact) mass is 216 g/mol. The van der Waals surface area contributed by atoms with Gasteiger partial charge in [-0.25, -0.2) is 4.98 Å². The van der Waals surface area contributed by atoms with Gasteiger partial charge in [0.1, 0.15) is 11.6 Å². The van der Waals surface area contributed by atoms with Crippen LogP contribution in [0.4, 0.5) is 5.82 Å². The Kier molecular flexibility index (Phi) is 2.72. The van der Waals surface area contributed by atoms with E-state index in [1.807, 2.05) is 0 Å². The van der Waals surface area contributed by atoms with Crippen molar-refractivity contribution in [2.45, 2.75) is 13.3 Å². The molecule has 0 amide bonds. The van der Waals surface area contributed by atoms with Crippen molar-refractivity contribution >= 4 is 11.6 Å². The zero-order valence-electron chi connectivity index (χ0n) is 8.93. The van der Waals surface area contributed by atoms with Crippen molar-refractivity contribution in [3.63, 3.8) is 0 Å². The lowest BCUT2D eigenvalue weighted by Gasteiger charge is -2.00. The molecule has 2 heterocycles. The Morgan fingerprint density at radius 3 is 2.94 bits per heavy atom. The van der Waals surface area contributed by atoms with E-state index in [1.54, 1.807) is 31.3 Å². The van der Waals surface area contributed by atoms with Crippen molar-refractivity contribution in [2.75, 3.05) is 5.73 Å². The molecule has 0 spiro atoms. The summed E-state index contributed by atoms with van der Waals surface area (Å²) >= 11 is 0. The van der Waals surface area contributed by atoms with E-state index in [1.165, 1.54) is 6.26 Å². The molecule has 0 bridgehead atoms. The summed E-state index contributed by atoms with van der Waals surface area (Å²) in [6.07, 6.45) is 3.43. The molecule has 0 saturated heterocycles. The number of hydrogen-bond acceptors (Lipinski definition) is 4. The number of aryl methyl sites for hydroxylation is 1. The second kappa shape index (κ2) is 4.18. The maximum absolute atomic E-state index is 11.9. The van der Waals surface area contributed by atoms with Crippen LogP contribution in [0.15, 0.2) is 35.1 Å². The molecule has 4 heteroatoms. The van der Waals surface area contributed by atoms with E-state index in [-0.39, 0.29) is 5.78 Å². The lowest BCUT2D eigenvalue weighted by atomic mass is 10.0. The standard InChI is InChI=1S/C12H12N2O2/c1-8-10(3-5-16-8)11(15)6-9-2-4-14-12(13)7-9/h2-5,7H,6H2,1H3,(H2,13,14). The number of aromatic nitrogens is 1. The van der Waals surface area contributed by atoms with Crippen LogP contribution in [0.5, 0.6) is 0 Å². The first-order valence-corrected chi connectivity index (χ1v) is 4.94. The molecule has 2 aromatic rings. The Bertz CT molecular complexity index is 517. The zero-order chi connectivity index (χ0) is 11.5. The van der Waals surface area contributed by atoms with Gasteiger partial charge in [-0.3, -0.25) is 4.79 Å². The van der Waals surface area contributed by atoms with Crippen molar-refractivity contribution < 1.29 is 9.21 Å². The van der Waals surface area contributed by atoms with Crippen LogP contribution in [-0.2, 0) is 6.42 Å². The maximum atomic E-state index is 11.9. The van der Waals surface area contributed by atoms with Gasteiger partial charge >= 0.3 is 0 Å². The summed E-state index contributed by atoms with van der Waals surface area (Å²) in [6.45, 7) is 1.77. The fourth-order valence-electron chi connectivity index (χ4n) is 1.56. The molecule has 16 heavy (non-hydrogen) atoms. The molecule has 2 N–H and O–H groups in total. The van der Waals surface area contributed by atoms with Crippen molar-refractivity contribution in [1.29, 1.82) is 0 Å². The molecule has 0 aromatic carbocycles. The highest BCUT2D eigenvalue weighted by molar-refractivity contribution is 5.98. The Hall–Kier alpha value is -2.10. The Morgan fingerprint density at radius 2 is 2.31 bits per heavy atom. The van der Waals surface area contributed by atoms with Crippen LogP contribution in [0.3, 0.4) is 0 Å². The quantitative estimate of drug-likeness (QED) is 0.796. The lowest BCUT2D eigenvalue weighted by molar-refractivity contribution is 0.0991. The number of pyridine rings is 1. The van der Waals surface area contributed by atoms with Gasteiger partial charge in [0.25, 0.3) is 0 Å². The first-order valence-electron chi connectivity index (χ1n) is 4.94. The number of nitrogen functional groups attached to an aromatic ring is 1. The number of hydrogen-bond donors (Lipinski definition) is 1. The molecular weight excluding hydrogens is 204 g/mol. The number of nitrogens with two attached hydrogens (primary N) is 1. The van der Waals surface area contributed by atoms with E-state index >= 15 is 0 Å². The summed E-state index contributed by atoms with van der Waals surface area (Å²) in [7, 11) is 0. The molecule has 0 saturated carbocycles. The molecule has 0 aliphatic heterocycles. The molecule has 0 aliphatic carbocycles. The van der Waals surface area contributed by atoms with Crippen LogP contribution < -0.4 is 5.73 Å². The zero-order valence-corrected chi connectivity index (χ0v) is 8.93. The molecule has 2 aromatic heterocycles. The summed E-state index contributed by atoms with van der Waals surface area (Å²) in [6, 6.07) is 5.17. The van der Waals surface area contributed by atoms with Crippen LogP contribution in [-0.4, -0.2) is 10.8 Å². The third-order valence-electron chi connectivity index (χ3n) is 2.37. The van der Waals surface area contributed by atoms with Crippen LogP contribution in [0.1, 0.15) is 21.7 Å². The minimum Gasteiger partial charge on any atom is -0.469 e. The van der Waals surface area contributed by atoms with E-state index in [2.05, 4.69) is 4.98 Å². The fraction of sp³-hybridized carbons (Fsp3) is 0.167. The number of carbonyl (C=O) groups is 1. The van der Waals surface area contributed by atoms with Gasteiger partial charge < -0.3 is 10.2 Å². The predicted octanol–water partition coefficient (Wildman–Crippen LogP) is 1.99. The summed E-state index contributed by atoms with van der Waals surface area (Å²) in [4.78, 5) is 15.8. The van der Waals surface area contributed by atoms with Gasteiger partial charge in [-0.1, -0.05) is 0 Å². The molecular formula is C12H12N2O2. The summed E-state index contributed by atoms with van der Waals surface area (Å²) in [5.74, 6) is 1.10. The van der Waals surface area contributed by atoms with Crippen molar-refractivity contribution in [2.24, 2.45) is 0 Å². The number of Topliss-reactive ketones (excluding diaryl/α,β-unsaturated/α-hetero) is 1. The van der Waals surface area contributed by atoms with Crippen LogP contribution >= 0.6 is 0 Å².